The van der Waals surface area contributed by atoms with E-state index in [1.165, 1.54) is 29.7 Å². The quantitative estimate of drug-likeness (QED) is 0.892. The number of nitrogens with zero attached hydrogens (tertiary/aromatic N) is 1. The van der Waals surface area contributed by atoms with Gasteiger partial charge in [0.1, 0.15) is 0 Å². The van der Waals surface area contributed by atoms with Crippen molar-refractivity contribution in [3.8, 4) is 0 Å². The van der Waals surface area contributed by atoms with E-state index in [1.54, 1.807) is 0 Å². The smallest absolute Gasteiger partial charge is 0.0415 e. The third-order valence-corrected chi connectivity index (χ3v) is 5.53. The lowest BCUT2D eigenvalue weighted by atomic mass is 10.0. The Balaban J connectivity index is 2.09. The van der Waals surface area contributed by atoms with Crippen molar-refractivity contribution in [3.05, 3.63) is 21.9 Å². The Labute approximate surface area is 109 Å². The van der Waals surface area contributed by atoms with Gasteiger partial charge in [-0.2, -0.15) is 0 Å². The summed E-state index contributed by atoms with van der Waals surface area (Å²) in [6.45, 7) is 5.38. The van der Waals surface area contributed by atoms with Gasteiger partial charge in [-0.15, -0.1) is 11.3 Å². The zero-order chi connectivity index (χ0) is 12.4. The molecule has 17 heavy (non-hydrogen) atoms. The largest absolute Gasteiger partial charge is 0.330 e. The summed E-state index contributed by atoms with van der Waals surface area (Å²) >= 11 is 1.88. The Morgan fingerprint density at radius 2 is 2.29 bits per heavy atom. The molecule has 1 heterocycles. The highest BCUT2D eigenvalue weighted by atomic mass is 32.1. The fraction of sp³-hybridized carbons (Fsp3) is 0.714. The molecule has 3 atom stereocenters. The summed E-state index contributed by atoms with van der Waals surface area (Å²) in [7, 11) is 2.27. The summed E-state index contributed by atoms with van der Waals surface area (Å²) in [5.41, 5.74) is 7.31. The number of aryl methyl sites for hydroxylation is 1. The molecule has 0 amide bonds. The maximum Gasteiger partial charge on any atom is 0.0415 e. The molecule has 1 aromatic rings. The van der Waals surface area contributed by atoms with Crippen molar-refractivity contribution >= 4 is 11.3 Å². The van der Waals surface area contributed by atoms with E-state index in [0.717, 1.165) is 6.54 Å². The van der Waals surface area contributed by atoms with Crippen LogP contribution >= 0.6 is 11.3 Å². The normalized spacial score (nSPS) is 26.6. The summed E-state index contributed by atoms with van der Waals surface area (Å²) in [6, 6.07) is 3.42. The van der Waals surface area contributed by atoms with Gasteiger partial charge in [0.2, 0.25) is 0 Å². The molecule has 0 radical (unpaired) electrons. The van der Waals surface area contributed by atoms with E-state index in [-0.39, 0.29) is 0 Å². The van der Waals surface area contributed by atoms with Crippen molar-refractivity contribution in [2.24, 2.45) is 11.7 Å². The van der Waals surface area contributed by atoms with Gasteiger partial charge in [-0.25, -0.2) is 0 Å². The third kappa shape index (κ3) is 2.56. The molecule has 3 unspecified atom stereocenters. The zero-order valence-electron chi connectivity index (χ0n) is 11.1. The maximum atomic E-state index is 5.89. The minimum Gasteiger partial charge on any atom is -0.330 e. The fourth-order valence-electron chi connectivity index (χ4n) is 3.11. The van der Waals surface area contributed by atoms with Crippen molar-refractivity contribution in [1.29, 1.82) is 0 Å². The van der Waals surface area contributed by atoms with E-state index in [9.17, 15) is 0 Å². The average molecular weight is 252 g/mol. The van der Waals surface area contributed by atoms with Gasteiger partial charge in [-0.1, -0.05) is 6.42 Å². The molecule has 96 valence electrons. The molecule has 0 aromatic carbocycles. The first-order chi connectivity index (χ1) is 8.15. The lowest BCUT2D eigenvalue weighted by Gasteiger charge is -2.34. The van der Waals surface area contributed by atoms with Gasteiger partial charge in [-0.05, 0) is 63.2 Å². The lowest BCUT2D eigenvalue weighted by Crippen LogP contribution is -2.39. The minimum atomic E-state index is 0.521. The Bertz CT molecular complexity index is 361. The van der Waals surface area contributed by atoms with Crippen LogP contribution in [-0.4, -0.2) is 24.5 Å². The van der Waals surface area contributed by atoms with E-state index in [1.807, 2.05) is 11.3 Å². The SMILES string of the molecule is Cc1ccsc1C(C)N(C)C1CCCC1CN. The zero-order valence-corrected chi connectivity index (χ0v) is 12.0. The van der Waals surface area contributed by atoms with Crippen LogP contribution < -0.4 is 5.73 Å². The molecule has 0 bridgehead atoms. The van der Waals surface area contributed by atoms with E-state index in [2.05, 4.69) is 37.2 Å². The molecule has 1 aliphatic carbocycles. The molecule has 1 saturated carbocycles. The van der Waals surface area contributed by atoms with Crippen molar-refractivity contribution in [1.82, 2.24) is 4.90 Å². The molecule has 1 fully saturated rings. The second-order valence-electron chi connectivity index (χ2n) is 5.30. The molecule has 2 rings (SSSR count). The standard InChI is InChI=1S/C14H24N2S/c1-10-7-8-17-14(10)11(2)16(3)13-6-4-5-12(13)9-15/h7-8,11-13H,4-6,9,15H2,1-3H3. The molecule has 1 aromatic heterocycles. The molecule has 0 spiro atoms. The highest BCUT2D eigenvalue weighted by molar-refractivity contribution is 7.10. The van der Waals surface area contributed by atoms with Gasteiger partial charge in [0.05, 0.1) is 0 Å². The van der Waals surface area contributed by atoms with Crippen LogP contribution in [0.5, 0.6) is 0 Å². The van der Waals surface area contributed by atoms with Gasteiger partial charge in [0.15, 0.2) is 0 Å². The third-order valence-electron chi connectivity index (χ3n) is 4.34. The molecule has 2 N–H and O–H groups in total. The van der Waals surface area contributed by atoms with Gasteiger partial charge in [0, 0.05) is 17.0 Å². The Kier molecular flexibility index (Phi) is 4.23. The Morgan fingerprint density at radius 3 is 2.88 bits per heavy atom. The first-order valence-electron chi connectivity index (χ1n) is 6.61. The first-order valence-corrected chi connectivity index (χ1v) is 7.49. The second-order valence-corrected chi connectivity index (χ2v) is 6.25. The van der Waals surface area contributed by atoms with Crippen LogP contribution in [0, 0.1) is 12.8 Å². The van der Waals surface area contributed by atoms with Crippen molar-refractivity contribution < 1.29 is 0 Å². The summed E-state index contributed by atoms with van der Waals surface area (Å²) in [4.78, 5) is 4.05. The lowest BCUT2D eigenvalue weighted by molar-refractivity contribution is 0.154. The number of thiophene rings is 1. The molecule has 0 aliphatic heterocycles. The predicted octanol–water partition coefficient (Wildman–Crippen LogP) is 3.18. The van der Waals surface area contributed by atoms with E-state index >= 15 is 0 Å². The molecule has 1 aliphatic rings. The summed E-state index contributed by atoms with van der Waals surface area (Å²) in [5.74, 6) is 0.697. The Hall–Kier alpha value is -0.380. The first kappa shape index (κ1) is 13.1. The summed E-state index contributed by atoms with van der Waals surface area (Å²) < 4.78 is 0. The molecule has 0 saturated heterocycles. The van der Waals surface area contributed by atoms with Gasteiger partial charge in [0.25, 0.3) is 0 Å². The fourth-order valence-corrected chi connectivity index (χ4v) is 4.15. The molecular formula is C14H24N2S. The maximum absolute atomic E-state index is 5.89. The van der Waals surface area contributed by atoms with Gasteiger partial charge < -0.3 is 5.73 Å². The minimum absolute atomic E-state index is 0.521. The van der Waals surface area contributed by atoms with Crippen LogP contribution in [-0.2, 0) is 0 Å². The van der Waals surface area contributed by atoms with Crippen molar-refractivity contribution in [3.63, 3.8) is 0 Å². The second kappa shape index (κ2) is 5.51. The van der Waals surface area contributed by atoms with E-state index < -0.39 is 0 Å². The van der Waals surface area contributed by atoms with E-state index in [0.29, 0.717) is 18.0 Å². The Morgan fingerprint density at radius 1 is 1.53 bits per heavy atom. The van der Waals surface area contributed by atoms with Crippen molar-refractivity contribution in [2.45, 2.75) is 45.2 Å². The molecule has 2 nitrogen and oxygen atoms in total. The highest BCUT2D eigenvalue weighted by Crippen LogP contribution is 2.35. The summed E-state index contributed by atoms with van der Waals surface area (Å²) in [5, 5.41) is 2.20. The average Bonchev–Trinajstić information content (AvgIpc) is 2.95. The van der Waals surface area contributed by atoms with Crippen LogP contribution in [0.2, 0.25) is 0 Å². The van der Waals surface area contributed by atoms with Crippen LogP contribution in [0.1, 0.15) is 42.7 Å². The van der Waals surface area contributed by atoms with Crippen LogP contribution in [0.3, 0.4) is 0 Å². The van der Waals surface area contributed by atoms with Crippen LogP contribution in [0.4, 0.5) is 0 Å². The molecule has 3 heteroatoms. The van der Waals surface area contributed by atoms with Gasteiger partial charge >= 0.3 is 0 Å². The topological polar surface area (TPSA) is 29.3 Å². The highest BCUT2D eigenvalue weighted by Gasteiger charge is 2.32. The number of hydrogen-bond donors (Lipinski definition) is 1. The molecular weight excluding hydrogens is 228 g/mol. The van der Waals surface area contributed by atoms with E-state index in [4.69, 9.17) is 5.73 Å². The number of nitrogens with two attached hydrogens (primary N) is 1. The van der Waals surface area contributed by atoms with Crippen molar-refractivity contribution in [2.75, 3.05) is 13.6 Å². The predicted molar refractivity (Wildman–Crippen MR) is 75.4 cm³/mol. The summed E-state index contributed by atoms with van der Waals surface area (Å²) in [6.07, 6.45) is 3.96. The van der Waals surface area contributed by atoms with Gasteiger partial charge in [-0.3, -0.25) is 4.90 Å². The number of hydrogen-bond acceptors (Lipinski definition) is 3. The van der Waals surface area contributed by atoms with Crippen LogP contribution in [0.25, 0.3) is 0 Å². The monoisotopic (exact) mass is 252 g/mol. The number of rotatable bonds is 4. The van der Waals surface area contributed by atoms with Crippen LogP contribution in [0.15, 0.2) is 11.4 Å².